The van der Waals surface area contributed by atoms with Gasteiger partial charge in [0, 0.05) is 25.2 Å². The number of nitrogens with one attached hydrogen (secondary N) is 1. The van der Waals surface area contributed by atoms with Gasteiger partial charge >= 0.3 is 0 Å². The molecule has 112 valence electrons. The summed E-state index contributed by atoms with van der Waals surface area (Å²) in [5.74, 6) is 0.238. The van der Waals surface area contributed by atoms with Gasteiger partial charge in [-0.05, 0) is 19.8 Å². The van der Waals surface area contributed by atoms with E-state index in [4.69, 9.17) is 9.84 Å². The fraction of sp³-hybridized carbons (Fsp3) is 0.692. The molecular formula is C13H21N3O4. The minimum Gasteiger partial charge on any atom is -0.394 e. The van der Waals surface area contributed by atoms with E-state index in [1.54, 1.807) is 17.8 Å². The van der Waals surface area contributed by atoms with E-state index in [2.05, 4.69) is 10.4 Å². The first-order valence-electron chi connectivity index (χ1n) is 6.77. The third kappa shape index (κ3) is 3.56. The number of aliphatic hydroxyl groups excluding tert-OH is 2. The molecule has 1 amide bonds. The van der Waals surface area contributed by atoms with Gasteiger partial charge in [-0.3, -0.25) is 9.48 Å². The Morgan fingerprint density at radius 3 is 3.00 bits per heavy atom. The Morgan fingerprint density at radius 2 is 2.40 bits per heavy atom. The van der Waals surface area contributed by atoms with Crippen molar-refractivity contribution in [3.63, 3.8) is 0 Å². The molecule has 0 radical (unpaired) electrons. The van der Waals surface area contributed by atoms with Crippen molar-refractivity contribution in [3.8, 4) is 0 Å². The molecule has 0 bridgehead atoms. The number of ether oxygens (including phenoxy) is 1. The van der Waals surface area contributed by atoms with Crippen molar-refractivity contribution in [1.29, 1.82) is 0 Å². The SMILES string of the molecule is CC1CCC(C(=O)Nc2cc(CC(O)CO)n(C)n2)O1. The Labute approximate surface area is 117 Å². The number of carbonyl (C=O) groups excluding carboxylic acids is 1. The Balaban J connectivity index is 1.96. The van der Waals surface area contributed by atoms with Crippen molar-refractivity contribution < 1.29 is 19.7 Å². The molecule has 3 N–H and O–H groups in total. The summed E-state index contributed by atoms with van der Waals surface area (Å²) in [5.41, 5.74) is 0.738. The van der Waals surface area contributed by atoms with Crippen LogP contribution in [-0.2, 0) is 23.0 Å². The minimum atomic E-state index is -0.826. The van der Waals surface area contributed by atoms with Crippen molar-refractivity contribution in [2.45, 2.75) is 44.5 Å². The number of aromatic nitrogens is 2. The van der Waals surface area contributed by atoms with Gasteiger partial charge in [-0.1, -0.05) is 0 Å². The van der Waals surface area contributed by atoms with Crippen LogP contribution < -0.4 is 5.32 Å². The number of hydrogen-bond acceptors (Lipinski definition) is 5. The summed E-state index contributed by atoms with van der Waals surface area (Å²) in [4.78, 5) is 12.0. The van der Waals surface area contributed by atoms with Gasteiger partial charge in [0.15, 0.2) is 5.82 Å². The molecule has 20 heavy (non-hydrogen) atoms. The summed E-state index contributed by atoms with van der Waals surface area (Å²) in [6.45, 7) is 1.64. The van der Waals surface area contributed by atoms with Crippen LogP contribution in [0.2, 0.25) is 0 Å². The zero-order valence-corrected chi connectivity index (χ0v) is 11.7. The molecule has 0 aromatic carbocycles. The molecule has 0 aliphatic carbocycles. The fourth-order valence-electron chi connectivity index (χ4n) is 2.27. The average Bonchev–Trinajstić information content (AvgIpc) is 2.96. The third-order valence-corrected chi connectivity index (χ3v) is 3.41. The standard InChI is InChI=1S/C13H21N3O4/c1-8-3-4-11(20-8)13(19)14-12-6-9(16(2)15-12)5-10(18)7-17/h6,8,10-11,17-18H,3-5,7H2,1-2H3,(H,14,15,19). The quantitative estimate of drug-likeness (QED) is 0.696. The average molecular weight is 283 g/mol. The van der Waals surface area contributed by atoms with Gasteiger partial charge in [0.1, 0.15) is 6.10 Å². The second kappa shape index (κ2) is 6.34. The lowest BCUT2D eigenvalue weighted by Gasteiger charge is -2.09. The number of amides is 1. The first-order chi connectivity index (χ1) is 9.49. The monoisotopic (exact) mass is 283 g/mol. The molecule has 1 saturated heterocycles. The number of rotatable bonds is 5. The van der Waals surface area contributed by atoms with E-state index in [1.807, 2.05) is 6.92 Å². The molecule has 1 aliphatic rings. The molecule has 7 heteroatoms. The van der Waals surface area contributed by atoms with Crippen LogP contribution in [0, 0.1) is 0 Å². The molecule has 3 unspecified atom stereocenters. The summed E-state index contributed by atoms with van der Waals surface area (Å²) < 4.78 is 7.07. The van der Waals surface area contributed by atoms with Gasteiger partial charge in [0.2, 0.25) is 0 Å². The summed E-state index contributed by atoms with van der Waals surface area (Å²) >= 11 is 0. The van der Waals surface area contributed by atoms with Crippen molar-refractivity contribution in [3.05, 3.63) is 11.8 Å². The number of aryl methyl sites for hydroxylation is 1. The summed E-state index contributed by atoms with van der Waals surface area (Å²) in [5, 5.41) is 25.2. The Hall–Kier alpha value is -1.44. The van der Waals surface area contributed by atoms with Crippen molar-refractivity contribution in [2.24, 2.45) is 7.05 Å². The predicted molar refractivity (Wildman–Crippen MR) is 72.2 cm³/mol. The van der Waals surface area contributed by atoms with Gasteiger partial charge in [-0.2, -0.15) is 5.10 Å². The van der Waals surface area contributed by atoms with E-state index in [0.717, 1.165) is 18.5 Å². The van der Waals surface area contributed by atoms with Gasteiger partial charge in [0.05, 0.1) is 18.8 Å². The topological polar surface area (TPSA) is 96.6 Å². The maximum absolute atomic E-state index is 12.0. The molecule has 0 spiro atoms. The number of aliphatic hydroxyl groups is 2. The molecule has 2 rings (SSSR count). The number of hydrogen-bond donors (Lipinski definition) is 3. The molecule has 2 heterocycles. The Bertz CT molecular complexity index is 474. The Kier molecular flexibility index (Phi) is 4.74. The first-order valence-corrected chi connectivity index (χ1v) is 6.77. The van der Waals surface area contributed by atoms with Crippen LogP contribution >= 0.6 is 0 Å². The largest absolute Gasteiger partial charge is 0.394 e. The lowest BCUT2D eigenvalue weighted by atomic mass is 10.2. The van der Waals surface area contributed by atoms with Crippen molar-refractivity contribution in [2.75, 3.05) is 11.9 Å². The van der Waals surface area contributed by atoms with E-state index in [1.165, 1.54) is 0 Å². The molecule has 1 fully saturated rings. The van der Waals surface area contributed by atoms with Crippen molar-refractivity contribution >= 4 is 11.7 Å². The highest BCUT2D eigenvalue weighted by Crippen LogP contribution is 2.20. The maximum Gasteiger partial charge on any atom is 0.254 e. The third-order valence-electron chi connectivity index (χ3n) is 3.41. The van der Waals surface area contributed by atoms with Gasteiger partial charge in [-0.25, -0.2) is 0 Å². The summed E-state index contributed by atoms with van der Waals surface area (Å²) in [6.07, 6.45) is 0.757. The van der Waals surface area contributed by atoms with Gasteiger partial charge in [-0.15, -0.1) is 0 Å². The maximum atomic E-state index is 12.0. The summed E-state index contributed by atoms with van der Waals surface area (Å²) in [6, 6.07) is 1.69. The van der Waals surface area contributed by atoms with E-state index in [9.17, 15) is 9.90 Å². The highest BCUT2D eigenvalue weighted by atomic mass is 16.5. The second-order valence-electron chi connectivity index (χ2n) is 5.19. The van der Waals surface area contributed by atoms with Crippen LogP contribution in [0.4, 0.5) is 5.82 Å². The zero-order chi connectivity index (χ0) is 14.7. The Morgan fingerprint density at radius 1 is 1.65 bits per heavy atom. The lowest BCUT2D eigenvalue weighted by Crippen LogP contribution is -2.27. The summed E-state index contributed by atoms with van der Waals surface area (Å²) in [7, 11) is 1.73. The van der Waals surface area contributed by atoms with E-state index in [-0.39, 0.29) is 25.0 Å². The second-order valence-corrected chi connectivity index (χ2v) is 5.19. The molecule has 1 aromatic heterocycles. The van der Waals surface area contributed by atoms with E-state index < -0.39 is 12.2 Å². The number of anilines is 1. The lowest BCUT2D eigenvalue weighted by molar-refractivity contribution is -0.126. The molecule has 3 atom stereocenters. The molecule has 7 nitrogen and oxygen atoms in total. The number of nitrogens with zero attached hydrogens (tertiary/aromatic N) is 2. The van der Waals surface area contributed by atoms with Crippen LogP contribution in [0.25, 0.3) is 0 Å². The van der Waals surface area contributed by atoms with Gasteiger partial charge in [0.25, 0.3) is 5.91 Å². The molecule has 1 aromatic rings. The smallest absolute Gasteiger partial charge is 0.254 e. The highest BCUT2D eigenvalue weighted by Gasteiger charge is 2.28. The minimum absolute atomic E-state index is 0.116. The van der Waals surface area contributed by atoms with E-state index in [0.29, 0.717) is 5.82 Å². The van der Waals surface area contributed by atoms with E-state index >= 15 is 0 Å². The number of carbonyl (C=O) groups is 1. The van der Waals surface area contributed by atoms with Crippen molar-refractivity contribution in [1.82, 2.24) is 9.78 Å². The highest BCUT2D eigenvalue weighted by molar-refractivity contribution is 5.93. The molecular weight excluding hydrogens is 262 g/mol. The zero-order valence-electron chi connectivity index (χ0n) is 11.7. The predicted octanol–water partition coefficient (Wildman–Crippen LogP) is -0.178. The van der Waals surface area contributed by atoms with Crippen LogP contribution in [0.3, 0.4) is 0 Å². The van der Waals surface area contributed by atoms with Gasteiger partial charge < -0.3 is 20.3 Å². The first kappa shape index (κ1) is 15.0. The molecule has 0 saturated carbocycles. The normalized spacial score (nSPS) is 23.8. The molecule has 1 aliphatic heterocycles. The fourth-order valence-corrected chi connectivity index (χ4v) is 2.27. The van der Waals surface area contributed by atoms with Crippen LogP contribution in [0.5, 0.6) is 0 Å². The van der Waals surface area contributed by atoms with Crippen LogP contribution in [0.15, 0.2) is 6.07 Å². The van der Waals surface area contributed by atoms with Crippen LogP contribution in [-0.4, -0.2) is 50.8 Å². The van der Waals surface area contributed by atoms with Crippen LogP contribution in [0.1, 0.15) is 25.5 Å².